The number of hydrogen-bond donors (Lipinski definition) is 1. The van der Waals surface area contributed by atoms with Gasteiger partial charge in [-0.15, -0.1) is 11.3 Å². The van der Waals surface area contributed by atoms with Crippen LogP contribution in [0.5, 0.6) is 0 Å². The van der Waals surface area contributed by atoms with Gasteiger partial charge in [-0.05, 0) is 41.7 Å². The second-order valence-corrected chi connectivity index (χ2v) is 4.85. The van der Waals surface area contributed by atoms with Gasteiger partial charge in [0, 0.05) is 11.4 Å². The van der Waals surface area contributed by atoms with Crippen molar-refractivity contribution in [2.45, 2.75) is 39.2 Å². The zero-order valence-electron chi connectivity index (χ0n) is 8.18. The number of nitrogens with two attached hydrogens (primary N) is 1. The number of fused-ring (bicyclic) bond motifs is 1. The lowest BCUT2D eigenvalue weighted by Gasteiger charge is -2.21. The molecule has 1 aliphatic rings. The second-order valence-electron chi connectivity index (χ2n) is 3.88. The molecule has 72 valence electrons. The molecule has 1 aliphatic carbocycles. The maximum atomic E-state index is 5.69. The van der Waals surface area contributed by atoms with E-state index in [1.807, 2.05) is 11.3 Å². The largest absolute Gasteiger partial charge is 0.326 e. The van der Waals surface area contributed by atoms with Crippen molar-refractivity contribution in [1.29, 1.82) is 0 Å². The normalized spacial score (nSPS) is 21.5. The Hall–Kier alpha value is -0.340. The lowest BCUT2D eigenvalue weighted by atomic mass is 9.86. The van der Waals surface area contributed by atoms with E-state index in [-0.39, 0.29) is 0 Å². The van der Waals surface area contributed by atoms with E-state index in [4.69, 9.17) is 5.73 Å². The Balaban J connectivity index is 2.22. The summed E-state index contributed by atoms with van der Waals surface area (Å²) in [5.41, 5.74) is 8.67. The molecule has 2 N–H and O–H groups in total. The van der Waals surface area contributed by atoms with Crippen molar-refractivity contribution in [3.05, 3.63) is 21.4 Å². The first-order valence-corrected chi connectivity index (χ1v) is 6.01. The molecule has 0 amide bonds. The van der Waals surface area contributed by atoms with E-state index in [0.29, 0.717) is 0 Å². The Kier molecular flexibility index (Phi) is 2.70. The highest BCUT2D eigenvalue weighted by molar-refractivity contribution is 7.10. The molecule has 1 aromatic heterocycles. The van der Waals surface area contributed by atoms with Crippen molar-refractivity contribution in [2.75, 3.05) is 0 Å². The van der Waals surface area contributed by atoms with Crippen LogP contribution in [0.4, 0.5) is 0 Å². The average Bonchev–Trinajstić information content (AvgIpc) is 2.59. The monoisotopic (exact) mass is 195 g/mol. The van der Waals surface area contributed by atoms with Crippen LogP contribution in [-0.4, -0.2) is 0 Å². The summed E-state index contributed by atoms with van der Waals surface area (Å²) < 4.78 is 0. The molecule has 1 aromatic rings. The summed E-state index contributed by atoms with van der Waals surface area (Å²) in [6.45, 7) is 3.02. The summed E-state index contributed by atoms with van der Waals surface area (Å²) >= 11 is 1.92. The van der Waals surface area contributed by atoms with Crippen molar-refractivity contribution >= 4 is 11.3 Å². The van der Waals surface area contributed by atoms with Crippen LogP contribution in [-0.2, 0) is 19.4 Å². The summed E-state index contributed by atoms with van der Waals surface area (Å²) in [5, 5.41) is 2.25. The molecular formula is C11H17NS. The van der Waals surface area contributed by atoms with E-state index in [9.17, 15) is 0 Å². The van der Waals surface area contributed by atoms with Crippen LogP contribution in [0, 0.1) is 5.92 Å². The van der Waals surface area contributed by atoms with E-state index in [1.54, 1.807) is 10.4 Å². The highest BCUT2D eigenvalue weighted by atomic mass is 32.1. The van der Waals surface area contributed by atoms with Crippen molar-refractivity contribution in [2.24, 2.45) is 11.7 Å². The van der Waals surface area contributed by atoms with Gasteiger partial charge >= 0.3 is 0 Å². The molecule has 0 bridgehead atoms. The molecule has 0 saturated heterocycles. The number of hydrogen-bond acceptors (Lipinski definition) is 2. The standard InChI is InChI=1S/C11H17NS/c1-2-8-3-4-10-9(6-12)7-13-11(10)5-8/h7-8H,2-6,12H2,1H3. The molecule has 2 heteroatoms. The summed E-state index contributed by atoms with van der Waals surface area (Å²) in [6.07, 6.45) is 5.27. The van der Waals surface area contributed by atoms with Gasteiger partial charge in [0.15, 0.2) is 0 Å². The lowest BCUT2D eigenvalue weighted by molar-refractivity contribution is 0.449. The highest BCUT2D eigenvalue weighted by Gasteiger charge is 2.20. The molecule has 1 unspecified atom stereocenters. The van der Waals surface area contributed by atoms with Crippen LogP contribution in [0.2, 0.25) is 0 Å². The van der Waals surface area contributed by atoms with E-state index in [0.717, 1.165) is 12.5 Å². The van der Waals surface area contributed by atoms with Gasteiger partial charge in [-0.3, -0.25) is 0 Å². The zero-order valence-corrected chi connectivity index (χ0v) is 8.99. The van der Waals surface area contributed by atoms with Gasteiger partial charge in [0.1, 0.15) is 0 Å². The topological polar surface area (TPSA) is 26.0 Å². The van der Waals surface area contributed by atoms with Gasteiger partial charge in [0.05, 0.1) is 0 Å². The van der Waals surface area contributed by atoms with E-state index in [2.05, 4.69) is 12.3 Å². The van der Waals surface area contributed by atoms with Crippen LogP contribution in [0.15, 0.2) is 5.38 Å². The molecule has 0 radical (unpaired) electrons. The molecule has 1 nitrogen and oxygen atoms in total. The smallest absolute Gasteiger partial charge is 0.0189 e. The second kappa shape index (κ2) is 3.81. The fraction of sp³-hybridized carbons (Fsp3) is 0.636. The minimum atomic E-state index is 0.725. The van der Waals surface area contributed by atoms with Gasteiger partial charge < -0.3 is 5.73 Å². The quantitative estimate of drug-likeness (QED) is 0.771. The minimum absolute atomic E-state index is 0.725. The summed E-state index contributed by atoms with van der Waals surface area (Å²) in [4.78, 5) is 1.61. The van der Waals surface area contributed by atoms with Gasteiger partial charge in [-0.1, -0.05) is 13.3 Å². The maximum Gasteiger partial charge on any atom is 0.0189 e. The Morgan fingerprint density at radius 1 is 1.62 bits per heavy atom. The molecular weight excluding hydrogens is 178 g/mol. The Morgan fingerprint density at radius 2 is 2.46 bits per heavy atom. The molecule has 0 spiro atoms. The minimum Gasteiger partial charge on any atom is -0.326 e. The summed E-state index contributed by atoms with van der Waals surface area (Å²) in [5.74, 6) is 0.928. The molecule has 0 aromatic carbocycles. The Labute approximate surface area is 84.0 Å². The van der Waals surface area contributed by atoms with Crippen molar-refractivity contribution in [3.63, 3.8) is 0 Å². The van der Waals surface area contributed by atoms with Crippen LogP contribution in [0.3, 0.4) is 0 Å². The highest BCUT2D eigenvalue weighted by Crippen LogP contribution is 2.33. The molecule has 1 atom stereocenters. The number of rotatable bonds is 2. The first-order chi connectivity index (χ1) is 6.35. The van der Waals surface area contributed by atoms with Crippen molar-refractivity contribution < 1.29 is 0 Å². The summed E-state index contributed by atoms with van der Waals surface area (Å²) in [6, 6.07) is 0. The molecule has 0 saturated carbocycles. The maximum absolute atomic E-state index is 5.69. The molecule has 0 fully saturated rings. The third kappa shape index (κ3) is 1.65. The van der Waals surface area contributed by atoms with E-state index >= 15 is 0 Å². The fourth-order valence-corrected chi connectivity index (χ4v) is 3.40. The van der Waals surface area contributed by atoms with E-state index in [1.165, 1.54) is 31.2 Å². The van der Waals surface area contributed by atoms with Crippen LogP contribution in [0.1, 0.15) is 35.8 Å². The van der Waals surface area contributed by atoms with Crippen molar-refractivity contribution in [3.8, 4) is 0 Å². The zero-order chi connectivity index (χ0) is 9.26. The third-order valence-corrected chi connectivity index (χ3v) is 4.24. The van der Waals surface area contributed by atoms with Gasteiger partial charge in [-0.2, -0.15) is 0 Å². The Morgan fingerprint density at radius 3 is 3.15 bits per heavy atom. The van der Waals surface area contributed by atoms with Crippen LogP contribution in [0.25, 0.3) is 0 Å². The van der Waals surface area contributed by atoms with Gasteiger partial charge in [-0.25, -0.2) is 0 Å². The van der Waals surface area contributed by atoms with Gasteiger partial charge in [0.25, 0.3) is 0 Å². The molecule has 2 rings (SSSR count). The summed E-state index contributed by atoms with van der Waals surface area (Å²) in [7, 11) is 0. The van der Waals surface area contributed by atoms with Crippen LogP contribution >= 0.6 is 11.3 Å². The number of thiophene rings is 1. The van der Waals surface area contributed by atoms with Gasteiger partial charge in [0.2, 0.25) is 0 Å². The SMILES string of the molecule is CCC1CCc2c(CN)csc2C1. The molecule has 1 heterocycles. The van der Waals surface area contributed by atoms with E-state index < -0.39 is 0 Å². The van der Waals surface area contributed by atoms with Crippen molar-refractivity contribution in [1.82, 2.24) is 0 Å². The fourth-order valence-electron chi connectivity index (χ4n) is 2.17. The predicted octanol–water partition coefficient (Wildman–Crippen LogP) is 2.72. The third-order valence-electron chi connectivity index (χ3n) is 3.14. The predicted molar refractivity (Wildman–Crippen MR) is 58.0 cm³/mol. The van der Waals surface area contributed by atoms with Crippen LogP contribution < -0.4 is 5.73 Å². The lowest BCUT2D eigenvalue weighted by Crippen LogP contribution is -2.13. The first kappa shape index (κ1) is 9.22. The Bertz CT molecular complexity index is 290. The average molecular weight is 195 g/mol. The molecule has 13 heavy (non-hydrogen) atoms. The molecule has 0 aliphatic heterocycles. The first-order valence-electron chi connectivity index (χ1n) is 5.13.